The summed E-state index contributed by atoms with van der Waals surface area (Å²) in [6.45, 7) is 5.04. The summed E-state index contributed by atoms with van der Waals surface area (Å²) in [5, 5.41) is 11.6. The van der Waals surface area contributed by atoms with E-state index in [-0.39, 0.29) is 12.5 Å². The van der Waals surface area contributed by atoms with Crippen LogP contribution in [0.4, 0.5) is 4.79 Å². The van der Waals surface area contributed by atoms with Crippen LogP contribution >= 0.6 is 0 Å². The van der Waals surface area contributed by atoms with Crippen molar-refractivity contribution in [1.82, 2.24) is 10.2 Å². The van der Waals surface area contributed by atoms with Gasteiger partial charge in [-0.05, 0) is 31.1 Å². The first kappa shape index (κ1) is 13.9. The lowest BCUT2D eigenvalue weighted by atomic mass is 9.86. The molecule has 5 nitrogen and oxygen atoms in total. The number of rotatable bonds is 4. The highest BCUT2D eigenvalue weighted by atomic mass is 16.4. The van der Waals surface area contributed by atoms with Gasteiger partial charge in [0.05, 0.1) is 0 Å². The lowest BCUT2D eigenvalue weighted by Crippen LogP contribution is -2.47. The average molecular weight is 266 g/mol. The van der Waals surface area contributed by atoms with Gasteiger partial charge in [-0.3, -0.25) is 0 Å². The summed E-state index contributed by atoms with van der Waals surface area (Å²) in [5.74, 6) is -1.01. The van der Waals surface area contributed by atoms with E-state index in [4.69, 9.17) is 5.11 Å². The van der Waals surface area contributed by atoms with Crippen LogP contribution in [0.1, 0.15) is 38.5 Å². The first-order valence-corrected chi connectivity index (χ1v) is 6.95. The third-order valence-electron chi connectivity index (χ3n) is 4.39. The molecule has 2 rings (SSSR count). The number of carbonyl (C=O) groups is 2. The lowest BCUT2D eigenvalue weighted by molar-refractivity contribution is -0.139. The number of carbonyl (C=O) groups excluding carboxylic acids is 1. The van der Waals surface area contributed by atoms with Crippen LogP contribution in [0.25, 0.3) is 0 Å². The molecular weight excluding hydrogens is 244 g/mol. The molecule has 19 heavy (non-hydrogen) atoms. The van der Waals surface area contributed by atoms with Crippen molar-refractivity contribution in [2.45, 2.75) is 44.6 Å². The molecule has 1 spiro atoms. The third-order valence-corrected chi connectivity index (χ3v) is 4.39. The van der Waals surface area contributed by atoms with Gasteiger partial charge in [-0.1, -0.05) is 18.9 Å². The quantitative estimate of drug-likeness (QED) is 0.764. The molecule has 106 valence electrons. The Morgan fingerprint density at radius 1 is 1.37 bits per heavy atom. The fraction of sp³-hybridized carbons (Fsp3) is 0.714. The number of urea groups is 1. The van der Waals surface area contributed by atoms with Gasteiger partial charge in [0.2, 0.25) is 0 Å². The second kappa shape index (κ2) is 5.63. The summed E-state index contributed by atoms with van der Waals surface area (Å²) >= 11 is 0. The molecule has 0 aromatic carbocycles. The summed E-state index contributed by atoms with van der Waals surface area (Å²) in [6.07, 6.45) is 7.73. The van der Waals surface area contributed by atoms with Gasteiger partial charge in [0.15, 0.2) is 0 Å². The summed E-state index contributed by atoms with van der Waals surface area (Å²) in [5.41, 5.74) is 0.314. The van der Waals surface area contributed by atoms with Crippen molar-refractivity contribution in [3.05, 3.63) is 12.7 Å². The van der Waals surface area contributed by atoms with E-state index in [1.165, 1.54) is 31.8 Å². The minimum Gasteiger partial charge on any atom is -0.480 e. The predicted molar refractivity (Wildman–Crippen MR) is 71.9 cm³/mol. The van der Waals surface area contributed by atoms with Crippen molar-refractivity contribution in [3.63, 3.8) is 0 Å². The van der Waals surface area contributed by atoms with Crippen LogP contribution in [-0.2, 0) is 4.79 Å². The largest absolute Gasteiger partial charge is 0.480 e. The summed E-state index contributed by atoms with van der Waals surface area (Å²) in [7, 11) is 0. The molecule has 1 unspecified atom stereocenters. The molecule has 2 fully saturated rings. The minimum absolute atomic E-state index is 0.250. The number of likely N-dealkylation sites (tertiary alicyclic amines) is 1. The number of hydrogen-bond acceptors (Lipinski definition) is 2. The Bertz CT molecular complexity index is 375. The molecule has 1 atom stereocenters. The molecule has 0 aromatic rings. The zero-order valence-corrected chi connectivity index (χ0v) is 11.2. The van der Waals surface area contributed by atoms with E-state index in [2.05, 4.69) is 11.9 Å². The second-order valence-corrected chi connectivity index (χ2v) is 5.74. The molecule has 2 aliphatic rings. The minimum atomic E-state index is -1.01. The molecule has 1 aliphatic heterocycles. The molecule has 1 aliphatic carbocycles. The zero-order valence-electron chi connectivity index (χ0n) is 11.2. The van der Waals surface area contributed by atoms with Crippen molar-refractivity contribution < 1.29 is 14.7 Å². The van der Waals surface area contributed by atoms with Crippen LogP contribution in [0.5, 0.6) is 0 Å². The Hall–Kier alpha value is -1.52. The maximum Gasteiger partial charge on any atom is 0.326 e. The van der Waals surface area contributed by atoms with Gasteiger partial charge in [0.1, 0.15) is 6.04 Å². The Morgan fingerprint density at radius 2 is 2.05 bits per heavy atom. The first-order valence-electron chi connectivity index (χ1n) is 6.95. The molecule has 0 bridgehead atoms. The first-order chi connectivity index (χ1) is 9.06. The fourth-order valence-electron chi connectivity index (χ4n) is 3.27. The molecule has 0 aromatic heterocycles. The van der Waals surface area contributed by atoms with Gasteiger partial charge in [-0.15, -0.1) is 6.58 Å². The van der Waals surface area contributed by atoms with Gasteiger partial charge in [-0.2, -0.15) is 0 Å². The lowest BCUT2D eigenvalue weighted by Gasteiger charge is -2.24. The smallest absolute Gasteiger partial charge is 0.326 e. The number of carboxylic acid groups (broad SMARTS) is 1. The number of carboxylic acids is 1. The van der Waals surface area contributed by atoms with Crippen molar-refractivity contribution in [3.8, 4) is 0 Å². The molecular formula is C14H22N2O3. The van der Waals surface area contributed by atoms with Crippen molar-refractivity contribution in [1.29, 1.82) is 0 Å². The normalized spacial score (nSPS) is 22.4. The Kier molecular flexibility index (Phi) is 4.12. The fourth-order valence-corrected chi connectivity index (χ4v) is 3.27. The maximum absolute atomic E-state index is 12.1. The van der Waals surface area contributed by atoms with Crippen LogP contribution < -0.4 is 5.32 Å². The summed E-state index contributed by atoms with van der Waals surface area (Å²) in [4.78, 5) is 24.9. The van der Waals surface area contributed by atoms with Gasteiger partial charge < -0.3 is 15.3 Å². The van der Waals surface area contributed by atoms with E-state index in [1.54, 1.807) is 4.90 Å². The van der Waals surface area contributed by atoms with Crippen LogP contribution in [0.15, 0.2) is 12.7 Å². The van der Waals surface area contributed by atoms with Gasteiger partial charge in [0.25, 0.3) is 0 Å². The van der Waals surface area contributed by atoms with E-state index in [0.717, 1.165) is 19.5 Å². The maximum atomic E-state index is 12.1. The zero-order chi connectivity index (χ0) is 13.9. The monoisotopic (exact) mass is 266 g/mol. The highest BCUT2D eigenvalue weighted by Gasteiger charge is 2.42. The van der Waals surface area contributed by atoms with E-state index in [1.807, 2.05) is 0 Å². The second-order valence-electron chi connectivity index (χ2n) is 5.74. The van der Waals surface area contributed by atoms with Gasteiger partial charge in [-0.25, -0.2) is 9.59 Å². The van der Waals surface area contributed by atoms with Gasteiger partial charge in [0, 0.05) is 13.1 Å². The highest BCUT2D eigenvalue weighted by Crippen LogP contribution is 2.45. The van der Waals surface area contributed by atoms with E-state index < -0.39 is 12.0 Å². The average Bonchev–Trinajstić information content (AvgIpc) is 2.99. The molecule has 1 heterocycles. The van der Waals surface area contributed by atoms with Crippen LogP contribution in [0.2, 0.25) is 0 Å². The van der Waals surface area contributed by atoms with Crippen LogP contribution in [0.3, 0.4) is 0 Å². The highest BCUT2D eigenvalue weighted by molar-refractivity contribution is 5.82. The standard InChI is InChI=1S/C14H22N2O3/c1-2-5-11(12(17)18)15-13(19)16-9-8-14(10-16)6-3-4-7-14/h2,11H,1,3-10H2,(H,15,19)(H,17,18). The SMILES string of the molecule is C=CCC(NC(=O)N1CCC2(CCCC2)C1)C(=O)O. The van der Waals surface area contributed by atoms with E-state index in [9.17, 15) is 9.59 Å². The Balaban J connectivity index is 1.90. The van der Waals surface area contributed by atoms with Crippen LogP contribution in [-0.4, -0.2) is 41.1 Å². The number of nitrogens with zero attached hydrogens (tertiary/aromatic N) is 1. The van der Waals surface area contributed by atoms with Gasteiger partial charge >= 0.3 is 12.0 Å². The Labute approximate surface area is 113 Å². The van der Waals surface area contributed by atoms with Crippen molar-refractivity contribution in [2.24, 2.45) is 5.41 Å². The molecule has 0 radical (unpaired) electrons. The number of amides is 2. The predicted octanol–water partition coefficient (Wildman–Crippen LogP) is 1.99. The summed E-state index contributed by atoms with van der Waals surface area (Å²) in [6, 6.07) is -1.12. The molecule has 2 amide bonds. The number of nitrogens with one attached hydrogen (secondary N) is 1. The van der Waals surface area contributed by atoms with E-state index in [0.29, 0.717) is 5.41 Å². The molecule has 1 saturated heterocycles. The number of aliphatic carboxylic acids is 1. The molecule has 2 N–H and O–H groups in total. The summed E-state index contributed by atoms with van der Waals surface area (Å²) < 4.78 is 0. The van der Waals surface area contributed by atoms with Crippen molar-refractivity contribution >= 4 is 12.0 Å². The Morgan fingerprint density at radius 3 is 2.63 bits per heavy atom. The molecule has 1 saturated carbocycles. The van der Waals surface area contributed by atoms with Crippen LogP contribution in [0, 0.1) is 5.41 Å². The van der Waals surface area contributed by atoms with E-state index >= 15 is 0 Å². The van der Waals surface area contributed by atoms with Crippen molar-refractivity contribution in [2.75, 3.05) is 13.1 Å². The molecule has 5 heteroatoms. The number of hydrogen-bond donors (Lipinski definition) is 2. The topological polar surface area (TPSA) is 69.6 Å². The third kappa shape index (κ3) is 3.08.